The number of nitrogens with zero attached hydrogens (tertiary/aromatic N) is 5. The third-order valence-electron chi connectivity index (χ3n) is 7.11. The molecule has 0 aliphatic carbocycles. The summed E-state index contributed by atoms with van der Waals surface area (Å²) in [5.74, 6) is 0.173. The van der Waals surface area contributed by atoms with Crippen LogP contribution >= 0.6 is 0 Å². The van der Waals surface area contributed by atoms with Gasteiger partial charge in [-0.3, -0.25) is 4.79 Å². The summed E-state index contributed by atoms with van der Waals surface area (Å²) >= 11 is 0. The van der Waals surface area contributed by atoms with Crippen molar-refractivity contribution in [2.45, 2.75) is 26.4 Å². The molecule has 6 rings (SSSR count). The van der Waals surface area contributed by atoms with Gasteiger partial charge in [0, 0.05) is 23.2 Å². The fourth-order valence-corrected chi connectivity index (χ4v) is 5.12. The molecule has 1 amide bonds. The largest absolute Gasteiger partial charge is 0.382 e. The van der Waals surface area contributed by atoms with Crippen LogP contribution in [0.1, 0.15) is 44.7 Å². The van der Waals surface area contributed by atoms with Gasteiger partial charge >= 0.3 is 0 Å². The molecule has 1 aliphatic heterocycles. The van der Waals surface area contributed by atoms with Gasteiger partial charge in [0.2, 0.25) is 0 Å². The molecule has 194 valence electrons. The van der Waals surface area contributed by atoms with Crippen LogP contribution in [0.15, 0.2) is 55.1 Å². The van der Waals surface area contributed by atoms with Gasteiger partial charge in [-0.25, -0.2) is 15.0 Å². The van der Waals surface area contributed by atoms with E-state index in [1.165, 1.54) is 17.5 Å². The second-order valence-corrected chi connectivity index (χ2v) is 9.71. The van der Waals surface area contributed by atoms with E-state index in [0.29, 0.717) is 41.2 Å². The van der Waals surface area contributed by atoms with E-state index < -0.39 is 0 Å². The van der Waals surface area contributed by atoms with Crippen LogP contribution in [0.3, 0.4) is 0 Å². The number of carbonyl (C=O) groups excluding carboxylic acids is 1. The highest BCUT2D eigenvalue weighted by atomic mass is 16.1. The van der Waals surface area contributed by atoms with E-state index in [2.05, 4.69) is 60.9 Å². The third kappa shape index (κ3) is 4.71. The Labute approximate surface area is 224 Å². The summed E-state index contributed by atoms with van der Waals surface area (Å²) in [7, 11) is 0. The lowest BCUT2D eigenvalue weighted by molar-refractivity contribution is 0.0950. The number of imidazole rings is 1. The smallest absolute Gasteiger partial charge is 0.251 e. The summed E-state index contributed by atoms with van der Waals surface area (Å²) < 4.78 is 1.97. The third-order valence-corrected chi connectivity index (χ3v) is 7.11. The van der Waals surface area contributed by atoms with Gasteiger partial charge in [0.1, 0.15) is 11.8 Å². The predicted octanol–water partition coefficient (Wildman–Crippen LogP) is 3.42. The van der Waals surface area contributed by atoms with Crippen molar-refractivity contribution in [2.24, 2.45) is 0 Å². The monoisotopic (exact) mass is 517 g/mol. The van der Waals surface area contributed by atoms with Crippen molar-refractivity contribution in [1.82, 2.24) is 35.1 Å². The second kappa shape index (κ2) is 10.0. The number of fused-ring (bicyclic) bond motifs is 2. The molecule has 0 bridgehead atoms. The molecule has 4 heterocycles. The minimum atomic E-state index is -0.182. The first-order valence-corrected chi connectivity index (χ1v) is 12.7. The van der Waals surface area contributed by atoms with Crippen LogP contribution in [0.5, 0.6) is 0 Å². The molecule has 5 N–H and O–H groups in total. The van der Waals surface area contributed by atoms with Crippen LogP contribution in [0, 0.1) is 18.3 Å². The van der Waals surface area contributed by atoms with Crippen LogP contribution in [0.2, 0.25) is 0 Å². The molecule has 0 saturated carbocycles. The van der Waals surface area contributed by atoms with Crippen LogP contribution in [-0.2, 0) is 13.1 Å². The highest BCUT2D eigenvalue weighted by molar-refractivity contribution is 5.96. The fourth-order valence-electron chi connectivity index (χ4n) is 5.12. The zero-order valence-corrected chi connectivity index (χ0v) is 21.5. The molecule has 10 nitrogen and oxygen atoms in total. The number of H-pyrrole nitrogens is 1. The van der Waals surface area contributed by atoms with E-state index in [1.807, 2.05) is 11.5 Å². The van der Waals surface area contributed by atoms with Gasteiger partial charge in [-0.2, -0.15) is 5.26 Å². The van der Waals surface area contributed by atoms with Crippen molar-refractivity contribution < 1.29 is 4.79 Å². The normalized spacial score (nSPS) is 13.4. The van der Waals surface area contributed by atoms with Crippen LogP contribution in [0.4, 0.5) is 5.82 Å². The van der Waals surface area contributed by atoms with Gasteiger partial charge in [0.05, 0.1) is 36.6 Å². The number of aromatic amines is 1. The van der Waals surface area contributed by atoms with Gasteiger partial charge in [-0.05, 0) is 78.6 Å². The van der Waals surface area contributed by atoms with Gasteiger partial charge < -0.3 is 25.9 Å². The van der Waals surface area contributed by atoms with Crippen LogP contribution in [0.25, 0.3) is 27.6 Å². The van der Waals surface area contributed by atoms with Crippen molar-refractivity contribution >= 4 is 39.4 Å². The molecule has 0 unspecified atom stereocenters. The standard InChI is InChI=1S/C29H27N9O/c1-17-8-18(12-30)2-3-24(17)29(39)33-13-23-11-21-9-20(19-4-6-32-7-5-19)10-22(25(21)37-23)14-38-16-36-26-27(31)34-15-35-28(26)38/h2-4,8-11,15-16,32,37H,5-7,13-14H2,1H3,(H,33,39)(H2,31,34,35). The Balaban J connectivity index is 1.33. The van der Waals surface area contributed by atoms with Crippen molar-refractivity contribution in [3.63, 3.8) is 0 Å². The summed E-state index contributed by atoms with van der Waals surface area (Å²) in [4.78, 5) is 29.3. The van der Waals surface area contributed by atoms with Crippen molar-refractivity contribution in [2.75, 3.05) is 18.8 Å². The number of carbonyl (C=O) groups is 1. The highest BCUT2D eigenvalue weighted by Gasteiger charge is 2.16. The Morgan fingerprint density at radius 1 is 1.21 bits per heavy atom. The molecule has 10 heteroatoms. The average Bonchev–Trinajstić information content (AvgIpc) is 3.57. The van der Waals surface area contributed by atoms with Crippen molar-refractivity contribution in [3.05, 3.63) is 88.6 Å². The van der Waals surface area contributed by atoms with Gasteiger partial charge in [0.15, 0.2) is 11.5 Å². The molecule has 2 aromatic carbocycles. The number of aromatic nitrogens is 5. The molecule has 1 aliphatic rings. The maximum atomic E-state index is 12.9. The van der Waals surface area contributed by atoms with Crippen LogP contribution < -0.4 is 16.4 Å². The molecule has 0 saturated heterocycles. The van der Waals surface area contributed by atoms with E-state index in [0.717, 1.165) is 47.2 Å². The minimum Gasteiger partial charge on any atom is -0.382 e. The minimum absolute atomic E-state index is 0.182. The van der Waals surface area contributed by atoms with E-state index in [4.69, 9.17) is 11.0 Å². The molecule has 0 fully saturated rings. The number of anilines is 1. The lowest BCUT2D eigenvalue weighted by Gasteiger charge is -2.16. The highest BCUT2D eigenvalue weighted by Crippen LogP contribution is 2.29. The Bertz CT molecular complexity index is 1810. The topological polar surface area (TPSA) is 150 Å². The number of nitrogens with two attached hydrogens (primary N) is 1. The number of hydrogen-bond donors (Lipinski definition) is 4. The number of aryl methyl sites for hydroxylation is 1. The number of amides is 1. The number of nitrogens with one attached hydrogen (secondary N) is 3. The molecule has 39 heavy (non-hydrogen) atoms. The molecule has 0 spiro atoms. The first-order valence-electron chi connectivity index (χ1n) is 12.7. The second-order valence-electron chi connectivity index (χ2n) is 9.71. The predicted molar refractivity (Wildman–Crippen MR) is 150 cm³/mol. The van der Waals surface area contributed by atoms with Crippen molar-refractivity contribution in [3.8, 4) is 6.07 Å². The lowest BCUT2D eigenvalue weighted by Crippen LogP contribution is -2.23. The van der Waals surface area contributed by atoms with Crippen LogP contribution in [-0.4, -0.2) is 43.5 Å². The van der Waals surface area contributed by atoms with Gasteiger partial charge in [-0.1, -0.05) is 6.08 Å². The average molecular weight is 518 g/mol. The number of nitrogen functional groups attached to an aromatic ring is 1. The van der Waals surface area contributed by atoms with Gasteiger partial charge in [0.25, 0.3) is 5.91 Å². The summed E-state index contributed by atoms with van der Waals surface area (Å²) in [6.07, 6.45) is 6.39. The lowest BCUT2D eigenvalue weighted by atomic mass is 9.96. The molecule has 5 aromatic rings. The van der Waals surface area contributed by atoms with E-state index >= 15 is 0 Å². The fraction of sp³-hybridized carbons (Fsp3) is 0.207. The first kappa shape index (κ1) is 24.3. The molecule has 0 radical (unpaired) electrons. The maximum absolute atomic E-state index is 12.9. The van der Waals surface area contributed by atoms with E-state index in [1.54, 1.807) is 24.5 Å². The molecule has 0 atom stereocenters. The summed E-state index contributed by atoms with van der Waals surface area (Å²) in [6.45, 7) is 4.51. The maximum Gasteiger partial charge on any atom is 0.251 e. The summed E-state index contributed by atoms with van der Waals surface area (Å²) in [5.41, 5.74) is 14.6. The quantitative estimate of drug-likeness (QED) is 0.269. The molecule has 3 aromatic heterocycles. The van der Waals surface area contributed by atoms with Gasteiger partial charge in [-0.15, -0.1) is 0 Å². The number of hydrogen-bond acceptors (Lipinski definition) is 7. The van der Waals surface area contributed by atoms with E-state index in [9.17, 15) is 4.79 Å². The zero-order chi connectivity index (χ0) is 26.9. The molecular formula is C29H27N9O. The first-order chi connectivity index (χ1) is 19.0. The summed E-state index contributed by atoms with van der Waals surface area (Å²) in [5, 5.41) is 16.6. The Morgan fingerprint density at radius 2 is 2.10 bits per heavy atom. The number of nitriles is 1. The zero-order valence-electron chi connectivity index (χ0n) is 21.5. The summed E-state index contributed by atoms with van der Waals surface area (Å²) in [6, 6.07) is 13.7. The number of rotatable bonds is 6. The number of benzene rings is 2. The SMILES string of the molecule is Cc1cc(C#N)ccc1C(=O)NCc1cc2cc(C3=CCNCC3)cc(Cn3cnc4c(N)ncnc43)c2[nH]1. The Kier molecular flexibility index (Phi) is 6.26. The van der Waals surface area contributed by atoms with E-state index in [-0.39, 0.29) is 5.91 Å². The van der Waals surface area contributed by atoms with Crippen molar-refractivity contribution in [1.29, 1.82) is 5.26 Å². The Hall–Kier alpha value is -5.01. The molecular weight excluding hydrogens is 490 g/mol. The Morgan fingerprint density at radius 3 is 2.90 bits per heavy atom.